The maximum absolute atomic E-state index is 12.6. The van der Waals surface area contributed by atoms with Gasteiger partial charge in [-0.3, -0.25) is 0 Å². The van der Waals surface area contributed by atoms with Gasteiger partial charge in [-0.1, -0.05) is 30.3 Å². The quantitative estimate of drug-likeness (QED) is 0.780. The van der Waals surface area contributed by atoms with E-state index in [0.717, 1.165) is 24.9 Å². The fraction of sp³-hybridized carbons (Fsp3) is 0.300. The Morgan fingerprint density at radius 3 is 2.88 bits per heavy atom. The lowest BCUT2D eigenvalue weighted by atomic mass is 10.1. The highest BCUT2D eigenvalue weighted by Gasteiger charge is 2.31. The van der Waals surface area contributed by atoms with Gasteiger partial charge in [0.15, 0.2) is 5.76 Å². The van der Waals surface area contributed by atoms with Crippen molar-refractivity contribution in [2.75, 3.05) is 6.54 Å². The van der Waals surface area contributed by atoms with Crippen molar-refractivity contribution < 1.29 is 9.21 Å². The first-order valence-electron chi connectivity index (χ1n) is 8.88. The maximum atomic E-state index is 12.6. The molecule has 0 saturated carbocycles. The molecule has 134 valence electrons. The topological polar surface area (TPSA) is 63.3 Å². The van der Waals surface area contributed by atoms with Gasteiger partial charge in [-0.15, -0.1) is 0 Å². The predicted molar refractivity (Wildman–Crippen MR) is 98.3 cm³/mol. The van der Waals surface area contributed by atoms with Crippen molar-refractivity contribution in [3.63, 3.8) is 0 Å². The van der Waals surface area contributed by atoms with Gasteiger partial charge in [-0.2, -0.15) is 0 Å². The van der Waals surface area contributed by atoms with Crippen molar-refractivity contribution in [2.45, 2.75) is 25.4 Å². The van der Waals surface area contributed by atoms with E-state index in [2.05, 4.69) is 20.9 Å². The summed E-state index contributed by atoms with van der Waals surface area (Å²) in [6, 6.07) is 14.0. The van der Waals surface area contributed by atoms with E-state index in [0.29, 0.717) is 11.7 Å². The Labute approximate surface area is 152 Å². The molecule has 1 fully saturated rings. The smallest absolute Gasteiger partial charge is 0.318 e. The highest BCUT2D eigenvalue weighted by Crippen LogP contribution is 2.31. The van der Waals surface area contributed by atoms with Crippen LogP contribution in [0.15, 0.2) is 59.3 Å². The Bertz CT molecular complexity index is 884. The zero-order valence-electron chi connectivity index (χ0n) is 14.8. The zero-order valence-corrected chi connectivity index (χ0v) is 14.8. The van der Waals surface area contributed by atoms with E-state index < -0.39 is 0 Å². The fourth-order valence-corrected chi connectivity index (χ4v) is 3.52. The summed E-state index contributed by atoms with van der Waals surface area (Å²) in [7, 11) is 2.02. The van der Waals surface area contributed by atoms with Gasteiger partial charge in [-0.05, 0) is 25.0 Å². The lowest BCUT2D eigenvalue weighted by molar-refractivity contribution is 0.190. The number of likely N-dealkylation sites (tertiary alicyclic amines) is 1. The molecule has 6 nitrogen and oxygen atoms in total. The summed E-state index contributed by atoms with van der Waals surface area (Å²) in [5, 5.41) is 2.94. The molecule has 0 spiro atoms. The van der Waals surface area contributed by atoms with E-state index in [1.807, 2.05) is 54.5 Å². The van der Waals surface area contributed by atoms with Crippen molar-refractivity contribution in [1.29, 1.82) is 0 Å². The third kappa shape index (κ3) is 3.22. The normalized spacial score (nSPS) is 16.8. The number of aromatic nitrogens is 2. The summed E-state index contributed by atoms with van der Waals surface area (Å²) in [5.41, 5.74) is 2.14. The number of benzene rings is 1. The number of urea groups is 1. The number of amides is 2. The third-order valence-corrected chi connectivity index (χ3v) is 4.84. The monoisotopic (exact) mass is 350 g/mol. The van der Waals surface area contributed by atoms with Crippen LogP contribution < -0.4 is 5.32 Å². The van der Waals surface area contributed by atoms with Crippen LogP contribution in [-0.2, 0) is 13.6 Å². The number of hydrogen-bond acceptors (Lipinski definition) is 3. The summed E-state index contributed by atoms with van der Waals surface area (Å²) in [6.45, 7) is 1.05. The molecule has 3 aromatic rings. The number of oxazole rings is 1. The standard InChI is InChI=1S/C20H22N4O2/c1-23-11-5-9-16(23)17-10-6-12-24(17)20(25)22-14-19-21-13-18(26-19)15-7-3-2-4-8-15/h2-5,7-9,11,13,17H,6,10,12,14H2,1H3,(H,22,25). The Kier molecular flexibility index (Phi) is 4.48. The molecule has 0 bridgehead atoms. The maximum Gasteiger partial charge on any atom is 0.318 e. The molecule has 1 aliphatic rings. The molecule has 6 heteroatoms. The Balaban J connectivity index is 1.40. The van der Waals surface area contributed by atoms with E-state index in [9.17, 15) is 4.79 Å². The number of nitrogens with zero attached hydrogens (tertiary/aromatic N) is 3. The molecule has 0 radical (unpaired) electrons. The number of hydrogen-bond donors (Lipinski definition) is 1. The van der Waals surface area contributed by atoms with Gasteiger partial charge in [0.1, 0.15) is 0 Å². The van der Waals surface area contributed by atoms with Crippen molar-refractivity contribution in [3.05, 3.63) is 66.4 Å². The summed E-state index contributed by atoms with van der Waals surface area (Å²) < 4.78 is 7.83. The van der Waals surface area contributed by atoms with Gasteiger partial charge in [0.05, 0.1) is 18.8 Å². The Hall–Kier alpha value is -3.02. The molecular weight excluding hydrogens is 328 g/mol. The molecule has 2 amide bonds. The summed E-state index contributed by atoms with van der Waals surface area (Å²) in [4.78, 5) is 18.8. The highest BCUT2D eigenvalue weighted by molar-refractivity contribution is 5.75. The van der Waals surface area contributed by atoms with E-state index >= 15 is 0 Å². The summed E-state index contributed by atoms with van der Waals surface area (Å²) in [5.74, 6) is 1.21. The Morgan fingerprint density at radius 2 is 2.12 bits per heavy atom. The van der Waals surface area contributed by atoms with Gasteiger partial charge in [-0.25, -0.2) is 9.78 Å². The lowest BCUT2D eigenvalue weighted by Crippen LogP contribution is -2.39. The lowest BCUT2D eigenvalue weighted by Gasteiger charge is -2.25. The molecule has 1 aliphatic heterocycles. The third-order valence-electron chi connectivity index (χ3n) is 4.84. The van der Waals surface area contributed by atoms with Crippen molar-refractivity contribution in [2.24, 2.45) is 7.05 Å². The molecule has 1 N–H and O–H groups in total. The first-order valence-corrected chi connectivity index (χ1v) is 8.88. The average Bonchev–Trinajstić information content (AvgIpc) is 3.40. The molecule has 1 atom stereocenters. The van der Waals surface area contributed by atoms with Crippen molar-refractivity contribution >= 4 is 6.03 Å². The van der Waals surface area contributed by atoms with Gasteiger partial charge in [0.25, 0.3) is 0 Å². The Morgan fingerprint density at radius 1 is 1.27 bits per heavy atom. The fourth-order valence-electron chi connectivity index (χ4n) is 3.52. The van der Waals surface area contributed by atoms with Crippen LogP contribution in [0.25, 0.3) is 11.3 Å². The van der Waals surface area contributed by atoms with Crippen LogP contribution in [-0.4, -0.2) is 27.0 Å². The minimum atomic E-state index is -0.0758. The second kappa shape index (κ2) is 7.07. The second-order valence-electron chi connectivity index (χ2n) is 6.54. The van der Waals surface area contributed by atoms with E-state index in [4.69, 9.17) is 4.42 Å². The van der Waals surface area contributed by atoms with E-state index in [-0.39, 0.29) is 18.6 Å². The number of rotatable bonds is 4. The number of carbonyl (C=O) groups excluding carboxylic acids is 1. The molecular formula is C20H22N4O2. The minimum absolute atomic E-state index is 0.0758. The van der Waals surface area contributed by atoms with Gasteiger partial charge in [0.2, 0.25) is 5.89 Å². The van der Waals surface area contributed by atoms with Crippen molar-refractivity contribution in [3.8, 4) is 11.3 Å². The van der Waals surface area contributed by atoms with Crippen LogP contribution in [0.1, 0.15) is 30.5 Å². The first-order chi connectivity index (χ1) is 12.7. The van der Waals surface area contributed by atoms with Crippen LogP contribution in [0.5, 0.6) is 0 Å². The second-order valence-corrected chi connectivity index (χ2v) is 6.54. The molecule has 1 saturated heterocycles. The molecule has 1 aromatic carbocycles. The molecule has 3 heterocycles. The van der Waals surface area contributed by atoms with Crippen LogP contribution in [0.3, 0.4) is 0 Å². The molecule has 1 unspecified atom stereocenters. The number of aryl methyl sites for hydroxylation is 1. The van der Waals surface area contributed by atoms with Gasteiger partial charge >= 0.3 is 6.03 Å². The van der Waals surface area contributed by atoms with E-state index in [1.165, 1.54) is 5.69 Å². The van der Waals surface area contributed by atoms with Gasteiger partial charge in [0, 0.05) is 31.0 Å². The highest BCUT2D eigenvalue weighted by atomic mass is 16.4. The van der Waals surface area contributed by atoms with Crippen molar-refractivity contribution in [1.82, 2.24) is 19.8 Å². The average molecular weight is 350 g/mol. The summed E-state index contributed by atoms with van der Waals surface area (Å²) >= 11 is 0. The number of carbonyl (C=O) groups is 1. The number of nitrogens with one attached hydrogen (secondary N) is 1. The molecule has 26 heavy (non-hydrogen) atoms. The minimum Gasteiger partial charge on any atom is -0.439 e. The predicted octanol–water partition coefficient (Wildman–Crippen LogP) is 3.73. The zero-order chi connectivity index (χ0) is 17.9. The molecule has 2 aromatic heterocycles. The van der Waals surface area contributed by atoms with Crippen LogP contribution in [0, 0.1) is 0 Å². The van der Waals surface area contributed by atoms with Crippen LogP contribution in [0.2, 0.25) is 0 Å². The van der Waals surface area contributed by atoms with E-state index in [1.54, 1.807) is 6.20 Å². The van der Waals surface area contributed by atoms with Crippen LogP contribution >= 0.6 is 0 Å². The summed E-state index contributed by atoms with van der Waals surface area (Å²) in [6.07, 6.45) is 5.71. The molecule has 4 rings (SSSR count). The van der Waals surface area contributed by atoms with Crippen LogP contribution in [0.4, 0.5) is 4.79 Å². The SMILES string of the molecule is Cn1cccc1C1CCCN1C(=O)NCc1ncc(-c2ccccc2)o1. The largest absolute Gasteiger partial charge is 0.439 e. The van der Waals surface area contributed by atoms with Gasteiger partial charge < -0.3 is 19.2 Å². The molecule has 0 aliphatic carbocycles. The first kappa shape index (κ1) is 16.4.